The van der Waals surface area contributed by atoms with Gasteiger partial charge in [0.25, 0.3) is 11.9 Å². The number of amides is 1. The van der Waals surface area contributed by atoms with Crippen molar-refractivity contribution < 1.29 is 9.21 Å². The van der Waals surface area contributed by atoms with Crippen LogP contribution in [-0.4, -0.2) is 34.5 Å². The van der Waals surface area contributed by atoms with Gasteiger partial charge in [0, 0.05) is 13.1 Å². The molecule has 1 aliphatic rings. The van der Waals surface area contributed by atoms with Crippen LogP contribution in [0.4, 0.5) is 6.01 Å². The summed E-state index contributed by atoms with van der Waals surface area (Å²) in [6.07, 6.45) is 3.50. The molecule has 1 aromatic carbocycles. The van der Waals surface area contributed by atoms with Crippen LogP contribution in [0.2, 0.25) is 0 Å². The van der Waals surface area contributed by atoms with Crippen molar-refractivity contribution in [2.24, 2.45) is 0 Å². The van der Waals surface area contributed by atoms with E-state index >= 15 is 0 Å². The van der Waals surface area contributed by atoms with E-state index in [0.29, 0.717) is 17.4 Å². The van der Waals surface area contributed by atoms with E-state index in [1.165, 1.54) is 11.3 Å². The molecule has 1 unspecified atom stereocenters. The van der Waals surface area contributed by atoms with Crippen molar-refractivity contribution in [2.75, 3.05) is 18.0 Å². The zero-order valence-corrected chi connectivity index (χ0v) is 15.1. The molecule has 6 nitrogen and oxygen atoms in total. The molecule has 1 amide bonds. The highest BCUT2D eigenvalue weighted by atomic mass is 32.1. The first kappa shape index (κ1) is 16.1. The Bertz CT molecular complexity index is 905. The maximum atomic E-state index is 12.4. The predicted octanol–water partition coefficient (Wildman–Crippen LogP) is 3.38. The lowest BCUT2D eigenvalue weighted by Crippen LogP contribution is -2.57. The molecule has 0 aliphatic carbocycles. The van der Waals surface area contributed by atoms with E-state index in [9.17, 15) is 4.79 Å². The van der Waals surface area contributed by atoms with Crippen LogP contribution in [-0.2, 0) is 0 Å². The second-order valence-corrected chi connectivity index (χ2v) is 7.71. The van der Waals surface area contributed by atoms with Crippen LogP contribution in [0.25, 0.3) is 11.1 Å². The summed E-state index contributed by atoms with van der Waals surface area (Å²) in [4.78, 5) is 23.8. The summed E-state index contributed by atoms with van der Waals surface area (Å²) in [5, 5.41) is 3.16. The number of nitrogens with one attached hydrogen (secondary N) is 1. The maximum absolute atomic E-state index is 12.4. The van der Waals surface area contributed by atoms with Crippen molar-refractivity contribution in [3.63, 3.8) is 0 Å². The van der Waals surface area contributed by atoms with Crippen LogP contribution in [0.15, 0.2) is 34.3 Å². The third-order valence-corrected chi connectivity index (χ3v) is 5.41. The van der Waals surface area contributed by atoms with Gasteiger partial charge in [-0.1, -0.05) is 12.1 Å². The maximum Gasteiger partial charge on any atom is 0.298 e. The molecule has 7 heteroatoms. The minimum atomic E-state index is -0.324. The highest BCUT2D eigenvalue weighted by molar-refractivity contribution is 7.11. The quantitative estimate of drug-likeness (QED) is 0.779. The Morgan fingerprint density at radius 2 is 2.32 bits per heavy atom. The van der Waals surface area contributed by atoms with E-state index in [0.717, 1.165) is 36.0 Å². The van der Waals surface area contributed by atoms with Crippen LogP contribution >= 0.6 is 11.3 Å². The van der Waals surface area contributed by atoms with Gasteiger partial charge in [-0.15, -0.1) is 11.3 Å². The van der Waals surface area contributed by atoms with Gasteiger partial charge in [0.2, 0.25) is 0 Å². The van der Waals surface area contributed by atoms with Gasteiger partial charge in [-0.25, -0.2) is 0 Å². The van der Waals surface area contributed by atoms with Gasteiger partial charge >= 0.3 is 0 Å². The zero-order valence-electron chi connectivity index (χ0n) is 14.3. The van der Waals surface area contributed by atoms with Crippen molar-refractivity contribution in [1.82, 2.24) is 15.3 Å². The summed E-state index contributed by atoms with van der Waals surface area (Å²) in [6, 6.07) is 6.60. The Balaban J connectivity index is 1.55. The number of piperidine rings is 1. The molecule has 0 saturated carbocycles. The molecule has 3 aromatic rings. The van der Waals surface area contributed by atoms with Crippen molar-refractivity contribution in [3.05, 3.63) is 40.3 Å². The first-order chi connectivity index (χ1) is 12.0. The zero-order chi connectivity index (χ0) is 17.4. The average molecular weight is 356 g/mol. The number of fused-ring (bicyclic) bond motifs is 1. The Hall–Kier alpha value is -2.41. The Morgan fingerprint density at radius 3 is 3.08 bits per heavy atom. The average Bonchev–Trinajstić information content (AvgIpc) is 3.25. The second kappa shape index (κ2) is 6.15. The van der Waals surface area contributed by atoms with Gasteiger partial charge in [0.15, 0.2) is 5.58 Å². The highest BCUT2D eigenvalue weighted by Crippen LogP contribution is 2.29. The standard InChI is InChI=1S/C18H20N4O2S/c1-12-5-3-6-13-15(12)24-17(20-13)22-8-4-7-18(2,10-22)21-16(23)14-9-19-11-25-14/h3,5-6,9,11H,4,7-8,10H2,1-2H3,(H,21,23). The molecule has 1 fully saturated rings. The van der Waals surface area contributed by atoms with E-state index in [4.69, 9.17) is 4.42 Å². The van der Waals surface area contributed by atoms with Crippen LogP contribution in [0, 0.1) is 6.92 Å². The molecule has 1 aliphatic heterocycles. The number of hydrogen-bond donors (Lipinski definition) is 1. The molecule has 130 valence electrons. The Morgan fingerprint density at radius 1 is 1.44 bits per heavy atom. The molecule has 1 saturated heterocycles. The molecule has 0 spiro atoms. The first-order valence-corrected chi connectivity index (χ1v) is 9.24. The van der Waals surface area contributed by atoms with E-state index in [-0.39, 0.29) is 11.4 Å². The molecule has 1 atom stereocenters. The van der Waals surface area contributed by atoms with Gasteiger partial charge in [-0.3, -0.25) is 9.78 Å². The number of benzene rings is 1. The number of anilines is 1. The number of nitrogens with zero attached hydrogens (tertiary/aromatic N) is 3. The number of rotatable bonds is 3. The largest absolute Gasteiger partial charge is 0.423 e. The van der Waals surface area contributed by atoms with Crippen LogP contribution in [0.3, 0.4) is 0 Å². The minimum absolute atomic E-state index is 0.0692. The van der Waals surface area contributed by atoms with Gasteiger partial charge in [0.05, 0.1) is 17.2 Å². The number of carbonyl (C=O) groups is 1. The molecule has 25 heavy (non-hydrogen) atoms. The van der Waals surface area contributed by atoms with E-state index in [1.54, 1.807) is 11.7 Å². The molecule has 1 N–H and O–H groups in total. The Kier molecular flexibility index (Phi) is 3.95. The van der Waals surface area contributed by atoms with E-state index < -0.39 is 0 Å². The monoisotopic (exact) mass is 356 g/mol. The highest BCUT2D eigenvalue weighted by Gasteiger charge is 2.34. The lowest BCUT2D eigenvalue weighted by molar-refractivity contribution is 0.0900. The number of oxazole rings is 1. The fourth-order valence-electron chi connectivity index (χ4n) is 3.38. The summed E-state index contributed by atoms with van der Waals surface area (Å²) in [5.74, 6) is -0.0692. The summed E-state index contributed by atoms with van der Waals surface area (Å²) in [6.45, 7) is 5.64. The molecule has 2 aromatic heterocycles. The van der Waals surface area contributed by atoms with Crippen molar-refractivity contribution >= 4 is 34.4 Å². The van der Waals surface area contributed by atoms with Gasteiger partial charge in [0.1, 0.15) is 10.4 Å². The van der Waals surface area contributed by atoms with Crippen LogP contribution in [0.5, 0.6) is 0 Å². The lowest BCUT2D eigenvalue weighted by Gasteiger charge is -2.40. The van der Waals surface area contributed by atoms with Crippen molar-refractivity contribution in [3.8, 4) is 0 Å². The molecular formula is C18H20N4O2S. The number of thiazole rings is 1. The van der Waals surface area contributed by atoms with Gasteiger partial charge < -0.3 is 14.6 Å². The van der Waals surface area contributed by atoms with Gasteiger partial charge in [-0.05, 0) is 38.3 Å². The third kappa shape index (κ3) is 3.11. The fourth-order valence-corrected chi connectivity index (χ4v) is 3.89. The van der Waals surface area contributed by atoms with Crippen molar-refractivity contribution in [1.29, 1.82) is 0 Å². The Labute approximate surface area is 149 Å². The van der Waals surface area contributed by atoms with E-state index in [1.807, 2.05) is 25.1 Å². The number of aromatic nitrogens is 2. The first-order valence-electron chi connectivity index (χ1n) is 8.36. The molecule has 3 heterocycles. The molecule has 0 bridgehead atoms. The predicted molar refractivity (Wildman–Crippen MR) is 98.2 cm³/mol. The third-order valence-electron chi connectivity index (χ3n) is 4.64. The normalized spacial score (nSPS) is 20.8. The lowest BCUT2D eigenvalue weighted by atomic mass is 9.91. The van der Waals surface area contributed by atoms with E-state index in [2.05, 4.69) is 27.1 Å². The minimum Gasteiger partial charge on any atom is -0.423 e. The molecule has 0 radical (unpaired) electrons. The summed E-state index contributed by atoms with van der Waals surface area (Å²) >= 11 is 1.35. The second-order valence-electron chi connectivity index (χ2n) is 6.83. The SMILES string of the molecule is Cc1cccc2nc(N3CCCC(C)(NC(=O)c4cncs4)C3)oc12. The number of hydrogen-bond acceptors (Lipinski definition) is 6. The summed E-state index contributed by atoms with van der Waals surface area (Å²) in [5.41, 5.74) is 4.13. The summed E-state index contributed by atoms with van der Waals surface area (Å²) in [7, 11) is 0. The smallest absolute Gasteiger partial charge is 0.298 e. The molecule has 4 rings (SSSR count). The fraction of sp³-hybridized carbons (Fsp3) is 0.389. The number of aryl methyl sites for hydroxylation is 1. The molecular weight excluding hydrogens is 336 g/mol. The number of para-hydroxylation sites is 1. The van der Waals surface area contributed by atoms with Crippen LogP contribution < -0.4 is 10.2 Å². The number of carbonyl (C=O) groups excluding carboxylic acids is 1. The van der Waals surface area contributed by atoms with Gasteiger partial charge in [-0.2, -0.15) is 4.98 Å². The van der Waals surface area contributed by atoms with Crippen molar-refractivity contribution in [2.45, 2.75) is 32.2 Å². The van der Waals surface area contributed by atoms with Crippen LogP contribution in [0.1, 0.15) is 35.0 Å². The summed E-state index contributed by atoms with van der Waals surface area (Å²) < 4.78 is 6.00. The topological polar surface area (TPSA) is 71.3 Å².